The average molecular weight is 359 g/mol. The summed E-state index contributed by atoms with van der Waals surface area (Å²) in [5.41, 5.74) is -0.765. The first kappa shape index (κ1) is 19.0. The van der Waals surface area contributed by atoms with Crippen LogP contribution in [-0.4, -0.2) is 65.4 Å². The molecule has 3 rings (SSSR count). The molecule has 0 aromatic rings. The number of carbonyl (C=O) groups is 3. The number of imide groups is 1. The lowest BCUT2D eigenvalue weighted by Gasteiger charge is -2.35. The highest BCUT2D eigenvalue weighted by molar-refractivity contribution is 6.09. The number of halogens is 1. The molecule has 8 heteroatoms. The molecule has 1 atom stereocenters. The van der Waals surface area contributed by atoms with Crippen molar-refractivity contribution in [2.75, 3.05) is 26.2 Å². The molecule has 0 aromatic carbocycles. The van der Waals surface area contributed by atoms with Crippen LogP contribution in [0, 0.1) is 5.92 Å². The number of hydrogen-bond acceptors (Lipinski definition) is 4. The van der Waals surface area contributed by atoms with Crippen LogP contribution in [0.5, 0.6) is 0 Å². The quantitative estimate of drug-likeness (QED) is 0.713. The zero-order valence-electron chi connectivity index (χ0n) is 14.3. The molecule has 1 spiro atoms. The fraction of sp³-hybridized carbons (Fsp3) is 0.812. The first-order chi connectivity index (χ1) is 10.9. The Morgan fingerprint density at radius 1 is 1.25 bits per heavy atom. The van der Waals surface area contributed by atoms with Crippen molar-refractivity contribution in [3.63, 3.8) is 0 Å². The van der Waals surface area contributed by atoms with E-state index in [4.69, 9.17) is 0 Å². The molecule has 1 aliphatic carbocycles. The van der Waals surface area contributed by atoms with Gasteiger partial charge >= 0.3 is 6.03 Å². The highest BCUT2D eigenvalue weighted by atomic mass is 35.5. The van der Waals surface area contributed by atoms with Crippen LogP contribution in [0.2, 0.25) is 0 Å². The highest BCUT2D eigenvalue weighted by Crippen LogP contribution is 2.36. The highest BCUT2D eigenvalue weighted by Gasteiger charge is 2.52. The Hall–Kier alpha value is -1.34. The second-order valence-electron chi connectivity index (χ2n) is 7.23. The maximum atomic E-state index is 12.8. The summed E-state index contributed by atoms with van der Waals surface area (Å²) >= 11 is 0. The zero-order chi connectivity index (χ0) is 16.6. The molecule has 1 saturated carbocycles. The minimum Gasteiger partial charge on any atom is -0.336 e. The third-order valence-corrected chi connectivity index (χ3v) is 5.49. The second-order valence-corrected chi connectivity index (χ2v) is 7.23. The average Bonchev–Trinajstić information content (AvgIpc) is 2.75. The van der Waals surface area contributed by atoms with Crippen LogP contribution in [0.4, 0.5) is 4.79 Å². The Labute approximate surface area is 148 Å². The molecule has 0 aromatic heterocycles. The number of urea groups is 1. The van der Waals surface area contributed by atoms with Crippen LogP contribution >= 0.6 is 12.4 Å². The van der Waals surface area contributed by atoms with Crippen molar-refractivity contribution in [3.8, 4) is 0 Å². The number of nitrogens with zero attached hydrogens (tertiary/aromatic N) is 2. The Balaban J connectivity index is 0.00000208. The maximum Gasteiger partial charge on any atom is 0.325 e. The van der Waals surface area contributed by atoms with Gasteiger partial charge in [0, 0.05) is 25.7 Å². The van der Waals surface area contributed by atoms with E-state index >= 15 is 0 Å². The van der Waals surface area contributed by atoms with Crippen LogP contribution in [0.3, 0.4) is 0 Å². The van der Waals surface area contributed by atoms with Gasteiger partial charge in [-0.3, -0.25) is 14.5 Å². The summed E-state index contributed by atoms with van der Waals surface area (Å²) in [7, 11) is 0. The lowest BCUT2D eigenvalue weighted by Crippen LogP contribution is -2.55. The Morgan fingerprint density at radius 2 is 1.92 bits per heavy atom. The molecule has 2 heterocycles. The topological polar surface area (TPSA) is 81.8 Å². The number of amides is 4. The molecule has 2 aliphatic heterocycles. The Kier molecular flexibility index (Phi) is 5.75. The predicted octanol–water partition coefficient (Wildman–Crippen LogP) is 0.729. The normalized spacial score (nSPS) is 33.4. The monoisotopic (exact) mass is 358 g/mol. The molecule has 0 radical (unpaired) electrons. The van der Waals surface area contributed by atoms with Gasteiger partial charge in [0.1, 0.15) is 12.1 Å². The summed E-state index contributed by atoms with van der Waals surface area (Å²) in [4.78, 5) is 40.4. The van der Waals surface area contributed by atoms with Gasteiger partial charge in [-0.2, -0.15) is 0 Å². The maximum absolute atomic E-state index is 12.8. The predicted molar refractivity (Wildman–Crippen MR) is 91.9 cm³/mol. The third-order valence-electron chi connectivity index (χ3n) is 5.49. The first-order valence-corrected chi connectivity index (χ1v) is 8.57. The fourth-order valence-corrected chi connectivity index (χ4v) is 3.85. The zero-order valence-corrected chi connectivity index (χ0v) is 15.2. The summed E-state index contributed by atoms with van der Waals surface area (Å²) < 4.78 is 0. The summed E-state index contributed by atoms with van der Waals surface area (Å²) in [6.45, 7) is 6.10. The summed E-state index contributed by atoms with van der Waals surface area (Å²) in [5, 5.41) is 6.09. The number of carbonyl (C=O) groups excluding carboxylic acids is 3. The molecule has 7 nitrogen and oxygen atoms in total. The van der Waals surface area contributed by atoms with Gasteiger partial charge in [0.25, 0.3) is 5.91 Å². The van der Waals surface area contributed by atoms with E-state index in [1.807, 2.05) is 6.92 Å². The minimum atomic E-state index is -0.765. The third kappa shape index (κ3) is 3.37. The number of nitrogens with one attached hydrogen (secondary N) is 2. The van der Waals surface area contributed by atoms with Gasteiger partial charge in [-0.15, -0.1) is 12.4 Å². The van der Waals surface area contributed by atoms with Gasteiger partial charge in [-0.05, 0) is 38.5 Å². The molecule has 2 saturated heterocycles. The van der Waals surface area contributed by atoms with Crippen LogP contribution in [0.15, 0.2) is 0 Å². The lowest BCUT2D eigenvalue weighted by molar-refractivity contribution is -0.141. The fourth-order valence-electron chi connectivity index (χ4n) is 3.85. The molecule has 3 aliphatic rings. The minimum absolute atomic E-state index is 0. The molecule has 2 N–H and O–H groups in total. The number of hydrogen-bond donors (Lipinski definition) is 2. The van der Waals surface area contributed by atoms with E-state index in [0.29, 0.717) is 25.3 Å². The van der Waals surface area contributed by atoms with E-state index in [1.54, 1.807) is 4.90 Å². The summed E-state index contributed by atoms with van der Waals surface area (Å²) in [6.07, 6.45) is 3.21. The molecular formula is C16H27ClN4O3. The van der Waals surface area contributed by atoms with Crippen molar-refractivity contribution in [2.45, 2.75) is 51.1 Å². The first-order valence-electron chi connectivity index (χ1n) is 8.57. The van der Waals surface area contributed by atoms with Crippen molar-refractivity contribution in [1.29, 1.82) is 0 Å². The van der Waals surface area contributed by atoms with Gasteiger partial charge in [0.05, 0.1) is 0 Å². The largest absolute Gasteiger partial charge is 0.336 e. The van der Waals surface area contributed by atoms with E-state index in [0.717, 1.165) is 30.8 Å². The summed E-state index contributed by atoms with van der Waals surface area (Å²) in [5.74, 6) is 0.219. The van der Waals surface area contributed by atoms with Crippen molar-refractivity contribution in [2.24, 2.45) is 5.92 Å². The van der Waals surface area contributed by atoms with E-state index in [-0.39, 0.29) is 36.8 Å². The SMILES string of the molecule is CC1CCC2(CC1)NC(=O)N(CC(=O)N1CCNC[C@H]1C)C2=O.Cl. The standard InChI is InChI=1S/C16H26N4O3.ClH/c1-11-3-5-16(6-4-11)14(22)20(15(23)18-16)10-13(21)19-8-7-17-9-12(19)2;/h11-12,17H,3-10H2,1-2H3,(H,18,23);1H/t11?,12-,16?;/m1./s1. The Morgan fingerprint density at radius 3 is 2.54 bits per heavy atom. The van der Waals surface area contributed by atoms with E-state index in [1.165, 1.54) is 0 Å². The van der Waals surface area contributed by atoms with Crippen LogP contribution < -0.4 is 10.6 Å². The molecule has 4 amide bonds. The molecule has 24 heavy (non-hydrogen) atoms. The molecular weight excluding hydrogens is 332 g/mol. The van der Waals surface area contributed by atoms with Gasteiger partial charge in [0.2, 0.25) is 5.91 Å². The van der Waals surface area contributed by atoms with Crippen LogP contribution in [0.1, 0.15) is 39.5 Å². The van der Waals surface area contributed by atoms with E-state index in [2.05, 4.69) is 17.6 Å². The van der Waals surface area contributed by atoms with Crippen molar-refractivity contribution in [3.05, 3.63) is 0 Å². The van der Waals surface area contributed by atoms with Gasteiger partial charge < -0.3 is 15.5 Å². The van der Waals surface area contributed by atoms with Crippen LogP contribution in [-0.2, 0) is 9.59 Å². The Bertz CT molecular complexity index is 519. The molecule has 0 bridgehead atoms. The lowest BCUT2D eigenvalue weighted by atomic mass is 9.77. The van der Waals surface area contributed by atoms with Gasteiger partial charge in [-0.1, -0.05) is 6.92 Å². The van der Waals surface area contributed by atoms with E-state index in [9.17, 15) is 14.4 Å². The number of piperazine rings is 1. The smallest absolute Gasteiger partial charge is 0.325 e. The van der Waals surface area contributed by atoms with Crippen molar-refractivity contribution in [1.82, 2.24) is 20.4 Å². The molecule has 136 valence electrons. The van der Waals surface area contributed by atoms with E-state index < -0.39 is 11.6 Å². The van der Waals surface area contributed by atoms with Crippen molar-refractivity contribution >= 4 is 30.3 Å². The second kappa shape index (κ2) is 7.27. The van der Waals surface area contributed by atoms with Gasteiger partial charge in [-0.25, -0.2) is 4.79 Å². The van der Waals surface area contributed by atoms with Crippen LogP contribution in [0.25, 0.3) is 0 Å². The van der Waals surface area contributed by atoms with Gasteiger partial charge in [0.15, 0.2) is 0 Å². The number of rotatable bonds is 2. The molecule has 3 fully saturated rings. The molecule has 0 unspecified atom stereocenters. The van der Waals surface area contributed by atoms with Crippen molar-refractivity contribution < 1.29 is 14.4 Å². The summed E-state index contributed by atoms with van der Waals surface area (Å²) in [6, 6.07) is -0.331.